The van der Waals surface area contributed by atoms with E-state index in [1.54, 1.807) is 0 Å². The van der Waals surface area contributed by atoms with Crippen molar-refractivity contribution in [1.82, 2.24) is 9.13 Å². The van der Waals surface area contributed by atoms with Crippen molar-refractivity contribution >= 4 is 65.2 Å². The third kappa shape index (κ3) is 2.00. The van der Waals surface area contributed by atoms with E-state index in [0.29, 0.717) is 0 Å². The van der Waals surface area contributed by atoms with Crippen LogP contribution in [0.5, 0.6) is 0 Å². The highest BCUT2D eigenvalue weighted by atomic mass is 15.0. The van der Waals surface area contributed by atoms with E-state index in [-0.39, 0.29) is 0 Å². The van der Waals surface area contributed by atoms with Gasteiger partial charge >= 0.3 is 0 Å². The molecule has 8 rings (SSSR count). The van der Waals surface area contributed by atoms with Crippen molar-refractivity contribution in [2.75, 3.05) is 0 Å². The molecule has 154 valence electrons. The molecule has 0 saturated carbocycles. The zero-order chi connectivity index (χ0) is 21.7. The minimum absolute atomic E-state index is 1.23. The molecule has 0 saturated heterocycles. The third-order valence-corrected chi connectivity index (χ3v) is 7.47. The first-order chi connectivity index (χ1) is 16.3. The molecule has 2 heteroatoms. The van der Waals surface area contributed by atoms with Crippen LogP contribution in [0.1, 0.15) is 0 Å². The molecule has 33 heavy (non-hydrogen) atoms. The highest BCUT2D eigenvalue weighted by Gasteiger charge is 2.21. The lowest BCUT2D eigenvalue weighted by Gasteiger charge is -2.11. The van der Waals surface area contributed by atoms with E-state index in [1.807, 2.05) is 0 Å². The van der Waals surface area contributed by atoms with Crippen LogP contribution in [0.15, 0.2) is 103 Å². The monoisotopic (exact) mass is 420 g/mol. The maximum absolute atomic E-state index is 2.48. The molecular weight excluding hydrogens is 400 g/mol. The highest BCUT2D eigenvalue weighted by molar-refractivity contribution is 6.34. The topological polar surface area (TPSA) is 9.86 Å². The van der Waals surface area contributed by atoms with Crippen LogP contribution in [0.25, 0.3) is 70.8 Å². The van der Waals surface area contributed by atoms with Crippen LogP contribution in [0, 0.1) is 0 Å². The zero-order valence-electron chi connectivity index (χ0n) is 18.2. The smallest absolute Gasteiger partial charge is 0.0733 e. The summed E-state index contributed by atoms with van der Waals surface area (Å²) in [4.78, 5) is 0. The molecule has 2 aromatic heterocycles. The quantitative estimate of drug-likeness (QED) is 0.237. The Hall–Kier alpha value is -4.30. The summed E-state index contributed by atoms with van der Waals surface area (Å²) in [5, 5.41) is 10.6. The molecule has 8 aromatic rings. The summed E-state index contributed by atoms with van der Waals surface area (Å²) in [6, 6.07) is 37.7. The second-order valence-electron chi connectivity index (χ2n) is 9.03. The number of nitrogens with zero attached hydrogens (tertiary/aromatic N) is 2. The van der Waals surface area contributed by atoms with Crippen LogP contribution in [0.3, 0.4) is 0 Å². The van der Waals surface area contributed by atoms with E-state index < -0.39 is 0 Å². The molecule has 0 unspecified atom stereocenters. The van der Waals surface area contributed by atoms with Gasteiger partial charge in [0.1, 0.15) is 0 Å². The van der Waals surface area contributed by atoms with Gasteiger partial charge in [0, 0.05) is 34.1 Å². The Morgan fingerprint density at radius 3 is 1.58 bits per heavy atom. The summed E-state index contributed by atoms with van der Waals surface area (Å²) in [7, 11) is 2.19. The minimum Gasteiger partial charge on any atom is -0.342 e. The molecule has 0 spiro atoms. The van der Waals surface area contributed by atoms with Crippen molar-refractivity contribution in [2.45, 2.75) is 0 Å². The van der Waals surface area contributed by atoms with Crippen LogP contribution < -0.4 is 0 Å². The fourth-order valence-electron chi connectivity index (χ4n) is 6.17. The molecule has 0 bridgehead atoms. The van der Waals surface area contributed by atoms with E-state index in [4.69, 9.17) is 0 Å². The Morgan fingerprint density at radius 2 is 0.909 bits per heavy atom. The molecule has 0 N–H and O–H groups in total. The molecule has 2 heterocycles. The largest absolute Gasteiger partial charge is 0.342 e. The van der Waals surface area contributed by atoms with Gasteiger partial charge in [-0.25, -0.2) is 0 Å². The molecule has 0 amide bonds. The van der Waals surface area contributed by atoms with Gasteiger partial charge in [-0.2, -0.15) is 0 Å². The van der Waals surface area contributed by atoms with Crippen LogP contribution in [-0.2, 0) is 7.05 Å². The van der Waals surface area contributed by atoms with Crippen molar-refractivity contribution in [1.29, 1.82) is 0 Å². The Kier molecular flexibility index (Phi) is 3.11. The van der Waals surface area contributed by atoms with Crippen LogP contribution in [-0.4, -0.2) is 9.13 Å². The molecule has 6 aromatic carbocycles. The SMILES string of the molecule is Cn1c2ccccc2c2cccc(-n3c4cccc5c6ccccc6c6cccc3c6c54)c21. The van der Waals surface area contributed by atoms with E-state index in [1.165, 1.54) is 70.8 Å². The summed E-state index contributed by atoms with van der Waals surface area (Å²) in [6.07, 6.45) is 0. The van der Waals surface area contributed by atoms with E-state index in [0.717, 1.165) is 0 Å². The number of rotatable bonds is 1. The first-order valence-corrected chi connectivity index (χ1v) is 11.5. The summed E-state index contributed by atoms with van der Waals surface area (Å²) >= 11 is 0. The number of benzene rings is 6. The van der Waals surface area contributed by atoms with Crippen molar-refractivity contribution < 1.29 is 0 Å². The zero-order valence-corrected chi connectivity index (χ0v) is 18.2. The van der Waals surface area contributed by atoms with E-state index >= 15 is 0 Å². The number of para-hydroxylation sites is 2. The average molecular weight is 421 g/mol. The van der Waals surface area contributed by atoms with Crippen molar-refractivity contribution in [3.05, 3.63) is 103 Å². The predicted molar refractivity (Wildman–Crippen MR) is 141 cm³/mol. The van der Waals surface area contributed by atoms with Crippen molar-refractivity contribution in [3.63, 3.8) is 0 Å². The summed E-state index contributed by atoms with van der Waals surface area (Å²) < 4.78 is 4.82. The van der Waals surface area contributed by atoms with Crippen LogP contribution in [0.4, 0.5) is 0 Å². The maximum Gasteiger partial charge on any atom is 0.0733 e. The summed E-state index contributed by atoms with van der Waals surface area (Å²) in [6.45, 7) is 0. The minimum atomic E-state index is 1.23. The normalized spacial score (nSPS) is 12.4. The molecular formula is C31H20N2. The lowest BCUT2D eigenvalue weighted by atomic mass is 9.95. The van der Waals surface area contributed by atoms with Crippen LogP contribution >= 0.6 is 0 Å². The lowest BCUT2D eigenvalue weighted by molar-refractivity contribution is 1.00. The molecule has 0 atom stereocenters. The summed E-state index contributed by atoms with van der Waals surface area (Å²) in [5.41, 5.74) is 6.29. The Balaban J connectivity index is 1.66. The van der Waals surface area contributed by atoms with Gasteiger partial charge in [0.05, 0.1) is 22.2 Å². The third-order valence-electron chi connectivity index (χ3n) is 7.47. The van der Waals surface area contributed by atoms with Gasteiger partial charge < -0.3 is 9.13 Å². The van der Waals surface area contributed by atoms with Crippen LogP contribution in [0.2, 0.25) is 0 Å². The van der Waals surface area contributed by atoms with Gasteiger partial charge in [0.25, 0.3) is 0 Å². The molecule has 0 aliphatic rings. The van der Waals surface area contributed by atoms with E-state index in [2.05, 4.69) is 119 Å². The van der Waals surface area contributed by atoms with Gasteiger partial charge in [-0.15, -0.1) is 0 Å². The fraction of sp³-hybridized carbons (Fsp3) is 0.0323. The number of aromatic nitrogens is 2. The van der Waals surface area contributed by atoms with Gasteiger partial charge in [-0.3, -0.25) is 0 Å². The lowest BCUT2D eigenvalue weighted by Crippen LogP contribution is -1.98. The van der Waals surface area contributed by atoms with Gasteiger partial charge in [0.2, 0.25) is 0 Å². The first-order valence-electron chi connectivity index (χ1n) is 11.5. The Bertz CT molecular complexity index is 1950. The van der Waals surface area contributed by atoms with E-state index in [9.17, 15) is 0 Å². The average Bonchev–Trinajstić information content (AvgIpc) is 3.37. The number of aryl methyl sites for hydroxylation is 1. The first kappa shape index (κ1) is 17.3. The molecule has 0 aliphatic carbocycles. The second kappa shape index (κ2) is 5.93. The number of hydrogen-bond acceptors (Lipinski definition) is 0. The molecule has 2 nitrogen and oxygen atoms in total. The predicted octanol–water partition coefficient (Wildman–Crippen LogP) is 8.17. The van der Waals surface area contributed by atoms with Gasteiger partial charge in [-0.1, -0.05) is 78.9 Å². The maximum atomic E-state index is 2.48. The molecule has 0 fully saturated rings. The van der Waals surface area contributed by atoms with Gasteiger partial charge in [-0.05, 0) is 45.8 Å². The molecule has 0 aliphatic heterocycles. The Morgan fingerprint density at radius 1 is 0.424 bits per heavy atom. The Labute approximate surface area is 190 Å². The fourth-order valence-corrected chi connectivity index (χ4v) is 6.17. The van der Waals surface area contributed by atoms with Crippen molar-refractivity contribution in [2.24, 2.45) is 7.05 Å². The number of hydrogen-bond donors (Lipinski definition) is 0. The highest BCUT2D eigenvalue weighted by Crippen LogP contribution is 2.44. The number of fused-ring (bicyclic) bond motifs is 6. The standard InChI is InChI=1S/C31H20N2/c1-32-25-15-5-4-11-21(25)24-14-8-18-28(31(24)32)33-26-16-6-12-22-19-9-2-3-10-20(19)23-13-7-17-27(33)30(23)29(22)26/h2-18H,1H3. The van der Waals surface area contributed by atoms with Gasteiger partial charge in [0.15, 0.2) is 0 Å². The molecule has 0 radical (unpaired) electrons. The van der Waals surface area contributed by atoms with Crippen molar-refractivity contribution in [3.8, 4) is 5.69 Å². The second-order valence-corrected chi connectivity index (χ2v) is 9.03. The summed E-state index contributed by atoms with van der Waals surface area (Å²) in [5.74, 6) is 0.